The number of hydrogen-bond acceptors (Lipinski definition) is 1. The van der Waals surface area contributed by atoms with Crippen LogP contribution in [0.25, 0.3) is 0 Å². The summed E-state index contributed by atoms with van der Waals surface area (Å²) in [5, 5.41) is 3.50. The lowest BCUT2D eigenvalue weighted by atomic mass is 10.1. The molecule has 0 aromatic heterocycles. The minimum Gasteiger partial charge on any atom is -0.312 e. The van der Waals surface area contributed by atoms with E-state index in [1.54, 1.807) is 0 Å². The second-order valence-corrected chi connectivity index (χ2v) is 7.06. The summed E-state index contributed by atoms with van der Waals surface area (Å²) in [5.74, 6) is 0. The molecular weight excluding hydrogens is 333 g/mol. The largest absolute Gasteiger partial charge is 0.312 e. The Morgan fingerprint density at radius 3 is 2.39 bits per heavy atom. The molecule has 2 heteroatoms. The van der Waals surface area contributed by atoms with Gasteiger partial charge >= 0.3 is 0 Å². The van der Waals surface area contributed by atoms with Crippen molar-refractivity contribution in [2.24, 2.45) is 0 Å². The average Bonchev–Trinajstić information content (AvgIpc) is 2.26. The van der Waals surface area contributed by atoms with Crippen LogP contribution in [0.4, 0.5) is 0 Å². The van der Waals surface area contributed by atoms with Crippen LogP contribution in [0, 0.1) is 3.57 Å². The highest BCUT2D eigenvalue weighted by Gasteiger charge is 2.06. The number of benzene rings is 1. The summed E-state index contributed by atoms with van der Waals surface area (Å²) in [6.07, 6.45) is 4.51. The standard InChI is InChI=1S/C16H24IN/c1-13(6-5-11-18-16(2,3)4)12-14-7-9-15(17)10-8-14/h6-10,18H,5,11-12H2,1-4H3. The molecule has 1 N–H and O–H groups in total. The van der Waals surface area contributed by atoms with E-state index >= 15 is 0 Å². The number of hydrogen-bond donors (Lipinski definition) is 1. The molecule has 1 rings (SSSR count). The third-order valence-corrected chi connectivity index (χ3v) is 3.41. The van der Waals surface area contributed by atoms with Crippen LogP contribution in [0.1, 0.15) is 39.7 Å². The SMILES string of the molecule is CC(=CCCNC(C)(C)C)Cc1ccc(I)cc1. The van der Waals surface area contributed by atoms with Crippen molar-refractivity contribution < 1.29 is 0 Å². The van der Waals surface area contributed by atoms with E-state index in [0.29, 0.717) is 0 Å². The molecule has 0 heterocycles. The molecule has 0 bridgehead atoms. The Balaban J connectivity index is 2.36. The van der Waals surface area contributed by atoms with Gasteiger partial charge in [0.1, 0.15) is 0 Å². The van der Waals surface area contributed by atoms with Gasteiger partial charge in [-0.3, -0.25) is 0 Å². The number of rotatable bonds is 5. The Morgan fingerprint density at radius 2 is 1.83 bits per heavy atom. The first-order valence-electron chi connectivity index (χ1n) is 6.52. The van der Waals surface area contributed by atoms with Gasteiger partial charge in [-0.05, 0) is 87.4 Å². The minimum atomic E-state index is 0.220. The van der Waals surface area contributed by atoms with Crippen molar-refractivity contribution in [3.63, 3.8) is 0 Å². The molecule has 0 aliphatic carbocycles. The normalized spacial score (nSPS) is 12.8. The highest BCUT2D eigenvalue weighted by molar-refractivity contribution is 14.1. The maximum atomic E-state index is 3.50. The van der Waals surface area contributed by atoms with Crippen molar-refractivity contribution in [3.05, 3.63) is 45.0 Å². The third kappa shape index (κ3) is 7.17. The van der Waals surface area contributed by atoms with Crippen LogP contribution in [0.2, 0.25) is 0 Å². The Kier molecular flexibility index (Phi) is 6.36. The highest BCUT2D eigenvalue weighted by atomic mass is 127. The van der Waals surface area contributed by atoms with Crippen LogP contribution in [0.5, 0.6) is 0 Å². The highest BCUT2D eigenvalue weighted by Crippen LogP contribution is 2.11. The van der Waals surface area contributed by atoms with Gasteiger partial charge in [0.15, 0.2) is 0 Å². The fourth-order valence-corrected chi connectivity index (χ4v) is 2.12. The molecule has 0 spiro atoms. The van der Waals surface area contributed by atoms with E-state index in [-0.39, 0.29) is 5.54 Å². The lowest BCUT2D eigenvalue weighted by molar-refractivity contribution is 0.431. The van der Waals surface area contributed by atoms with Crippen LogP contribution < -0.4 is 5.32 Å². The van der Waals surface area contributed by atoms with Gasteiger partial charge in [0.05, 0.1) is 0 Å². The van der Waals surface area contributed by atoms with E-state index in [0.717, 1.165) is 19.4 Å². The van der Waals surface area contributed by atoms with Gasteiger partial charge < -0.3 is 5.32 Å². The summed E-state index contributed by atoms with van der Waals surface area (Å²) in [6.45, 7) is 9.88. The fraction of sp³-hybridized carbons (Fsp3) is 0.500. The lowest BCUT2D eigenvalue weighted by Gasteiger charge is -2.19. The van der Waals surface area contributed by atoms with Crippen molar-refractivity contribution >= 4 is 22.6 Å². The van der Waals surface area contributed by atoms with Crippen LogP contribution in [0.3, 0.4) is 0 Å². The molecule has 1 nitrogen and oxygen atoms in total. The zero-order valence-electron chi connectivity index (χ0n) is 11.9. The summed E-state index contributed by atoms with van der Waals surface area (Å²) in [6, 6.07) is 8.77. The van der Waals surface area contributed by atoms with Gasteiger partial charge in [-0.1, -0.05) is 23.8 Å². The lowest BCUT2D eigenvalue weighted by Crippen LogP contribution is -2.36. The van der Waals surface area contributed by atoms with Crippen LogP contribution in [-0.2, 0) is 6.42 Å². The first-order chi connectivity index (χ1) is 8.37. The average molecular weight is 357 g/mol. The van der Waals surface area contributed by atoms with Gasteiger partial charge in [0, 0.05) is 9.11 Å². The van der Waals surface area contributed by atoms with Gasteiger partial charge in [0.2, 0.25) is 0 Å². The van der Waals surface area contributed by atoms with Crippen molar-refractivity contribution in [3.8, 4) is 0 Å². The maximum Gasteiger partial charge on any atom is 0.0130 e. The topological polar surface area (TPSA) is 12.0 Å². The number of allylic oxidation sites excluding steroid dienone is 1. The summed E-state index contributed by atoms with van der Waals surface area (Å²) < 4.78 is 1.30. The Hall–Kier alpha value is -0.350. The van der Waals surface area contributed by atoms with Gasteiger partial charge in [-0.25, -0.2) is 0 Å². The zero-order valence-corrected chi connectivity index (χ0v) is 14.0. The summed E-state index contributed by atoms with van der Waals surface area (Å²) in [4.78, 5) is 0. The van der Waals surface area contributed by atoms with Gasteiger partial charge in [0.25, 0.3) is 0 Å². The second-order valence-electron chi connectivity index (χ2n) is 5.82. The van der Waals surface area contributed by atoms with Crippen LogP contribution in [0.15, 0.2) is 35.9 Å². The van der Waals surface area contributed by atoms with Crippen LogP contribution in [-0.4, -0.2) is 12.1 Å². The van der Waals surface area contributed by atoms with Crippen molar-refractivity contribution in [1.29, 1.82) is 0 Å². The van der Waals surface area contributed by atoms with E-state index in [4.69, 9.17) is 0 Å². The van der Waals surface area contributed by atoms with Crippen molar-refractivity contribution in [1.82, 2.24) is 5.32 Å². The molecule has 0 saturated carbocycles. The predicted octanol–water partition coefficient (Wildman–Crippen LogP) is 4.56. The van der Waals surface area contributed by atoms with E-state index in [1.807, 2.05) is 0 Å². The van der Waals surface area contributed by atoms with Crippen LogP contribution >= 0.6 is 22.6 Å². The molecule has 0 amide bonds. The van der Waals surface area contributed by atoms with E-state index in [9.17, 15) is 0 Å². The molecule has 0 atom stereocenters. The molecular formula is C16H24IN. The molecule has 100 valence electrons. The van der Waals surface area contributed by atoms with Crippen molar-refractivity contribution in [2.75, 3.05) is 6.54 Å². The Bertz CT molecular complexity index is 385. The summed E-state index contributed by atoms with van der Waals surface area (Å²) in [5.41, 5.74) is 3.07. The third-order valence-electron chi connectivity index (χ3n) is 2.69. The van der Waals surface area contributed by atoms with Gasteiger partial charge in [-0.2, -0.15) is 0 Å². The van der Waals surface area contributed by atoms with E-state index in [1.165, 1.54) is 14.7 Å². The number of halogens is 1. The van der Waals surface area contributed by atoms with Crippen molar-refractivity contribution in [2.45, 2.75) is 46.1 Å². The molecule has 1 aromatic rings. The molecule has 0 fully saturated rings. The molecule has 1 aromatic carbocycles. The fourth-order valence-electron chi connectivity index (χ4n) is 1.76. The minimum absolute atomic E-state index is 0.220. The Morgan fingerprint density at radius 1 is 1.22 bits per heavy atom. The van der Waals surface area contributed by atoms with E-state index in [2.05, 4.69) is 85.9 Å². The van der Waals surface area contributed by atoms with Gasteiger partial charge in [-0.15, -0.1) is 0 Å². The molecule has 0 radical (unpaired) electrons. The second kappa shape index (κ2) is 7.29. The summed E-state index contributed by atoms with van der Waals surface area (Å²) in [7, 11) is 0. The zero-order chi connectivity index (χ0) is 13.6. The maximum absolute atomic E-state index is 3.50. The predicted molar refractivity (Wildman–Crippen MR) is 89.0 cm³/mol. The van der Waals surface area contributed by atoms with E-state index < -0.39 is 0 Å². The monoisotopic (exact) mass is 357 g/mol. The smallest absolute Gasteiger partial charge is 0.0130 e. The number of nitrogens with one attached hydrogen (secondary N) is 1. The first kappa shape index (κ1) is 15.7. The molecule has 18 heavy (non-hydrogen) atoms. The molecule has 0 aliphatic heterocycles. The Labute approximate surface area is 125 Å². The quantitative estimate of drug-likeness (QED) is 0.463. The first-order valence-corrected chi connectivity index (χ1v) is 7.60. The summed E-state index contributed by atoms with van der Waals surface area (Å²) >= 11 is 2.34. The molecule has 0 unspecified atom stereocenters. The molecule has 0 saturated heterocycles. The molecule has 0 aliphatic rings.